The van der Waals surface area contributed by atoms with Crippen LogP contribution in [-0.2, 0) is 13.0 Å². The van der Waals surface area contributed by atoms with E-state index in [9.17, 15) is 0 Å². The fourth-order valence-corrected chi connectivity index (χ4v) is 3.33. The highest BCUT2D eigenvalue weighted by molar-refractivity contribution is 5.91. The maximum atomic E-state index is 5.57. The molecule has 1 aromatic heterocycles. The molecule has 0 radical (unpaired) electrons. The monoisotopic (exact) mass is 292 g/mol. The smallest absolute Gasteiger partial charge is 0.213 e. The fourth-order valence-electron chi connectivity index (χ4n) is 3.33. The van der Waals surface area contributed by atoms with E-state index in [1.165, 1.54) is 22.2 Å². The number of nitrogens with zero attached hydrogens (tertiary/aromatic N) is 1. The van der Waals surface area contributed by atoms with Gasteiger partial charge in [-0.25, -0.2) is 0 Å². The molecule has 0 saturated carbocycles. The van der Waals surface area contributed by atoms with Crippen LogP contribution in [0.25, 0.3) is 22.0 Å². The van der Waals surface area contributed by atoms with Crippen molar-refractivity contribution in [3.8, 4) is 22.8 Å². The Morgan fingerprint density at radius 2 is 1.86 bits per heavy atom. The molecule has 2 heterocycles. The molecule has 0 bridgehead atoms. The molecule has 0 aliphatic carbocycles. The Labute approximate surface area is 129 Å². The first kappa shape index (κ1) is 13.1. The molecular weight excluding hydrogens is 274 g/mol. The molecule has 4 rings (SSSR count). The van der Waals surface area contributed by atoms with Gasteiger partial charge in [-0.05, 0) is 29.1 Å². The molecule has 0 atom stereocenters. The van der Waals surface area contributed by atoms with Gasteiger partial charge in [-0.3, -0.25) is 0 Å². The first-order valence-electron chi connectivity index (χ1n) is 7.48. The zero-order valence-electron chi connectivity index (χ0n) is 12.8. The normalized spacial score (nSPS) is 12.6. The molecule has 3 aromatic rings. The van der Waals surface area contributed by atoms with Crippen LogP contribution < -0.4 is 14.0 Å². The Bertz CT molecular complexity index is 871. The minimum Gasteiger partial charge on any atom is -0.493 e. The van der Waals surface area contributed by atoms with E-state index in [0.29, 0.717) is 0 Å². The number of aryl methyl sites for hydroxylation is 2. The van der Waals surface area contributed by atoms with E-state index in [4.69, 9.17) is 9.47 Å². The van der Waals surface area contributed by atoms with E-state index in [1.54, 1.807) is 14.2 Å². The average Bonchev–Trinajstić information content (AvgIpc) is 2.58. The lowest BCUT2D eigenvalue weighted by Gasteiger charge is -2.16. The van der Waals surface area contributed by atoms with Crippen molar-refractivity contribution in [3.63, 3.8) is 0 Å². The Morgan fingerprint density at radius 1 is 1.00 bits per heavy atom. The summed E-state index contributed by atoms with van der Waals surface area (Å²) in [6, 6.07) is 14.9. The second kappa shape index (κ2) is 5.02. The third-order valence-electron chi connectivity index (χ3n) is 4.42. The summed E-state index contributed by atoms with van der Waals surface area (Å²) < 4.78 is 13.3. The van der Waals surface area contributed by atoms with Gasteiger partial charge in [-0.15, -0.1) is 0 Å². The number of ether oxygens (including phenoxy) is 2. The van der Waals surface area contributed by atoms with Crippen molar-refractivity contribution in [2.75, 3.05) is 14.2 Å². The van der Waals surface area contributed by atoms with E-state index >= 15 is 0 Å². The summed E-state index contributed by atoms with van der Waals surface area (Å²) in [6.07, 6.45) is 3.24. The lowest BCUT2D eigenvalue weighted by molar-refractivity contribution is -0.686. The molecule has 3 nitrogen and oxygen atoms in total. The van der Waals surface area contributed by atoms with Crippen molar-refractivity contribution in [3.05, 3.63) is 54.2 Å². The Hall–Kier alpha value is -2.55. The lowest BCUT2D eigenvalue weighted by atomic mass is 9.96. The molecule has 2 aromatic carbocycles. The molecule has 1 aliphatic rings. The highest BCUT2D eigenvalue weighted by Crippen LogP contribution is 2.36. The topological polar surface area (TPSA) is 22.3 Å². The van der Waals surface area contributed by atoms with Crippen LogP contribution in [-0.4, -0.2) is 14.2 Å². The van der Waals surface area contributed by atoms with Gasteiger partial charge in [0.1, 0.15) is 0 Å². The van der Waals surface area contributed by atoms with Crippen LogP contribution in [0.2, 0.25) is 0 Å². The number of hydrogen-bond donors (Lipinski definition) is 0. The van der Waals surface area contributed by atoms with Gasteiger partial charge < -0.3 is 9.47 Å². The molecule has 1 aliphatic heterocycles. The summed E-state index contributed by atoms with van der Waals surface area (Å²) in [7, 11) is 3.36. The van der Waals surface area contributed by atoms with Gasteiger partial charge in [-0.2, -0.15) is 4.57 Å². The molecule has 0 spiro atoms. The van der Waals surface area contributed by atoms with Crippen molar-refractivity contribution in [2.24, 2.45) is 0 Å². The van der Waals surface area contributed by atoms with Crippen LogP contribution in [0.4, 0.5) is 0 Å². The number of aromatic nitrogens is 1. The molecule has 3 heteroatoms. The van der Waals surface area contributed by atoms with Gasteiger partial charge in [0, 0.05) is 18.1 Å². The molecule has 0 N–H and O–H groups in total. The summed E-state index contributed by atoms with van der Waals surface area (Å²) in [4.78, 5) is 0. The van der Waals surface area contributed by atoms with Gasteiger partial charge >= 0.3 is 0 Å². The second-order valence-electron chi connectivity index (χ2n) is 5.56. The van der Waals surface area contributed by atoms with Gasteiger partial charge in [0.15, 0.2) is 24.2 Å². The Balaban J connectivity index is 2.01. The number of fused-ring (bicyclic) bond motifs is 4. The predicted molar refractivity (Wildman–Crippen MR) is 86.4 cm³/mol. The zero-order valence-corrected chi connectivity index (χ0v) is 12.8. The SMILES string of the molecule is COc1ccc2cc3[n+](cc2c1OC)CCc1ccccc1-3. The molecule has 0 amide bonds. The third-order valence-corrected chi connectivity index (χ3v) is 4.42. The number of methoxy groups -OCH3 is 2. The number of hydrogen-bond acceptors (Lipinski definition) is 2. The Kier molecular flexibility index (Phi) is 3.00. The molecule has 110 valence electrons. The van der Waals surface area contributed by atoms with E-state index in [1.807, 2.05) is 6.07 Å². The van der Waals surface area contributed by atoms with Gasteiger partial charge in [-0.1, -0.05) is 18.2 Å². The van der Waals surface area contributed by atoms with Crippen LogP contribution in [0.5, 0.6) is 11.5 Å². The zero-order chi connectivity index (χ0) is 15.1. The van der Waals surface area contributed by atoms with Crippen molar-refractivity contribution in [1.29, 1.82) is 0 Å². The highest BCUT2D eigenvalue weighted by atomic mass is 16.5. The Morgan fingerprint density at radius 3 is 2.68 bits per heavy atom. The van der Waals surface area contributed by atoms with E-state index in [2.05, 4.69) is 47.2 Å². The van der Waals surface area contributed by atoms with Crippen LogP contribution >= 0.6 is 0 Å². The van der Waals surface area contributed by atoms with Gasteiger partial charge in [0.05, 0.1) is 19.6 Å². The fraction of sp³-hybridized carbons (Fsp3) is 0.211. The maximum Gasteiger partial charge on any atom is 0.213 e. The predicted octanol–water partition coefficient (Wildman–Crippen LogP) is 3.37. The highest BCUT2D eigenvalue weighted by Gasteiger charge is 2.24. The minimum absolute atomic E-state index is 0.770. The average molecular weight is 292 g/mol. The summed E-state index contributed by atoms with van der Waals surface area (Å²) in [5, 5.41) is 2.26. The summed E-state index contributed by atoms with van der Waals surface area (Å²) in [5.41, 5.74) is 4.01. The first-order valence-corrected chi connectivity index (χ1v) is 7.48. The number of benzene rings is 2. The summed E-state index contributed by atoms with van der Waals surface area (Å²) in [5.74, 6) is 1.57. The molecular formula is C19H18NO2+. The quantitative estimate of drug-likeness (QED) is 0.676. The van der Waals surface area contributed by atoms with Crippen LogP contribution in [0.15, 0.2) is 48.7 Å². The van der Waals surface area contributed by atoms with Crippen molar-refractivity contribution >= 4 is 10.8 Å². The van der Waals surface area contributed by atoms with Gasteiger partial charge in [0.25, 0.3) is 0 Å². The third kappa shape index (κ3) is 1.86. The minimum atomic E-state index is 0.770. The van der Waals surface area contributed by atoms with Crippen LogP contribution in [0.3, 0.4) is 0 Å². The second-order valence-corrected chi connectivity index (χ2v) is 5.56. The molecule has 0 saturated heterocycles. The largest absolute Gasteiger partial charge is 0.493 e. The molecule has 0 unspecified atom stereocenters. The lowest BCUT2D eigenvalue weighted by Crippen LogP contribution is -2.40. The van der Waals surface area contributed by atoms with Crippen molar-refractivity contribution < 1.29 is 14.0 Å². The number of pyridine rings is 1. The van der Waals surface area contributed by atoms with Crippen molar-refractivity contribution in [1.82, 2.24) is 0 Å². The summed E-state index contributed by atoms with van der Waals surface area (Å²) >= 11 is 0. The van der Waals surface area contributed by atoms with Crippen LogP contribution in [0, 0.1) is 0 Å². The molecule has 22 heavy (non-hydrogen) atoms. The van der Waals surface area contributed by atoms with E-state index in [-0.39, 0.29) is 0 Å². The van der Waals surface area contributed by atoms with E-state index in [0.717, 1.165) is 29.9 Å². The first-order chi connectivity index (χ1) is 10.8. The maximum absolute atomic E-state index is 5.57. The number of rotatable bonds is 2. The molecule has 0 fully saturated rings. The summed E-state index contributed by atoms with van der Waals surface area (Å²) in [6.45, 7) is 0.989. The van der Waals surface area contributed by atoms with Crippen LogP contribution in [0.1, 0.15) is 5.56 Å². The van der Waals surface area contributed by atoms with Crippen molar-refractivity contribution in [2.45, 2.75) is 13.0 Å². The standard InChI is InChI=1S/C19H18NO2/c1-21-18-8-7-14-11-17-15-6-4-3-5-13(15)9-10-20(17)12-16(14)19(18)22-2/h3-8,11-12H,9-10H2,1-2H3/q+1. The van der Waals surface area contributed by atoms with E-state index < -0.39 is 0 Å². The van der Waals surface area contributed by atoms with Gasteiger partial charge in [0.2, 0.25) is 5.69 Å².